The topological polar surface area (TPSA) is 88.8 Å². The molecule has 0 bridgehead atoms. The molecule has 3 aromatic rings. The predicted molar refractivity (Wildman–Crippen MR) is 92.1 cm³/mol. The summed E-state index contributed by atoms with van der Waals surface area (Å²) in [6.45, 7) is 0. The minimum Gasteiger partial charge on any atom is -0.496 e. The molecule has 126 valence electrons. The molecule has 0 aliphatic rings. The highest BCUT2D eigenvalue weighted by Crippen LogP contribution is 2.25. The second-order valence-electron chi connectivity index (χ2n) is 5.20. The third kappa shape index (κ3) is 3.53. The quantitative estimate of drug-likeness (QED) is 0.737. The minimum atomic E-state index is -1.12. The van der Waals surface area contributed by atoms with Gasteiger partial charge in [0.1, 0.15) is 11.5 Å². The smallest absolute Gasteiger partial charge is 0.371 e. The number of hydrogen-bond acceptors (Lipinski definition) is 4. The van der Waals surface area contributed by atoms with Gasteiger partial charge in [-0.05, 0) is 48.5 Å². The van der Waals surface area contributed by atoms with Gasteiger partial charge in [-0.1, -0.05) is 12.1 Å². The summed E-state index contributed by atoms with van der Waals surface area (Å²) in [5.74, 6) is -0.583. The summed E-state index contributed by atoms with van der Waals surface area (Å²) in [5.41, 5.74) is 1.75. The minimum absolute atomic E-state index is 0.122. The van der Waals surface area contributed by atoms with Crippen molar-refractivity contribution in [2.24, 2.45) is 0 Å². The molecule has 0 saturated heterocycles. The van der Waals surface area contributed by atoms with E-state index in [-0.39, 0.29) is 11.7 Å². The number of carboxylic acids is 1. The summed E-state index contributed by atoms with van der Waals surface area (Å²) < 4.78 is 10.4. The summed E-state index contributed by atoms with van der Waals surface area (Å²) >= 11 is 0. The van der Waals surface area contributed by atoms with E-state index in [0.717, 1.165) is 0 Å². The molecule has 2 N–H and O–H groups in total. The van der Waals surface area contributed by atoms with Crippen LogP contribution in [0.15, 0.2) is 65.1 Å². The van der Waals surface area contributed by atoms with Gasteiger partial charge in [0.2, 0.25) is 5.76 Å². The first kappa shape index (κ1) is 16.3. The first-order valence-corrected chi connectivity index (χ1v) is 7.46. The van der Waals surface area contributed by atoms with E-state index in [9.17, 15) is 9.59 Å². The highest BCUT2D eigenvalue weighted by atomic mass is 16.5. The number of para-hydroxylation sites is 1. The van der Waals surface area contributed by atoms with Gasteiger partial charge in [-0.2, -0.15) is 0 Å². The summed E-state index contributed by atoms with van der Waals surface area (Å²) in [6, 6.07) is 16.8. The van der Waals surface area contributed by atoms with Crippen LogP contribution >= 0.6 is 0 Å². The molecule has 1 heterocycles. The Morgan fingerprint density at radius 1 is 1.00 bits per heavy atom. The van der Waals surface area contributed by atoms with E-state index < -0.39 is 5.97 Å². The van der Waals surface area contributed by atoms with Gasteiger partial charge in [0.25, 0.3) is 5.91 Å². The molecule has 0 saturated carbocycles. The van der Waals surface area contributed by atoms with Crippen LogP contribution in [0.3, 0.4) is 0 Å². The molecule has 0 unspecified atom stereocenters. The predicted octanol–water partition coefficient (Wildman–Crippen LogP) is 3.91. The standard InChI is InChI=1S/C19H15NO5/c1-24-16-5-3-2-4-14(16)18(21)20-13-8-6-12(7-9-13)15-10-11-17(25-15)19(22)23/h2-11H,1H3,(H,20,21)(H,22,23). The lowest BCUT2D eigenvalue weighted by molar-refractivity contribution is 0.0663. The normalized spacial score (nSPS) is 10.3. The Balaban J connectivity index is 1.76. The summed E-state index contributed by atoms with van der Waals surface area (Å²) in [5, 5.41) is 11.7. The van der Waals surface area contributed by atoms with Gasteiger partial charge in [-0.25, -0.2) is 4.79 Å². The first-order chi connectivity index (χ1) is 12.1. The van der Waals surface area contributed by atoms with Crippen LogP contribution in [0.4, 0.5) is 5.69 Å². The summed E-state index contributed by atoms with van der Waals surface area (Å²) in [4.78, 5) is 23.2. The van der Waals surface area contributed by atoms with Crippen LogP contribution < -0.4 is 10.1 Å². The molecule has 0 atom stereocenters. The van der Waals surface area contributed by atoms with Crippen molar-refractivity contribution in [1.82, 2.24) is 0 Å². The van der Waals surface area contributed by atoms with E-state index in [4.69, 9.17) is 14.3 Å². The van der Waals surface area contributed by atoms with Crippen LogP contribution in [0.2, 0.25) is 0 Å². The number of carboxylic acid groups (broad SMARTS) is 1. The molecule has 2 aromatic carbocycles. The molecule has 0 aliphatic heterocycles. The maximum absolute atomic E-state index is 12.4. The number of aromatic carboxylic acids is 1. The maximum atomic E-state index is 12.4. The summed E-state index contributed by atoms with van der Waals surface area (Å²) in [6.07, 6.45) is 0. The fraction of sp³-hybridized carbons (Fsp3) is 0.0526. The zero-order chi connectivity index (χ0) is 17.8. The fourth-order valence-corrected chi connectivity index (χ4v) is 2.36. The van der Waals surface area contributed by atoms with Gasteiger partial charge in [0, 0.05) is 11.3 Å². The number of furan rings is 1. The molecular formula is C19H15NO5. The Morgan fingerprint density at radius 3 is 2.36 bits per heavy atom. The lowest BCUT2D eigenvalue weighted by Crippen LogP contribution is -2.12. The van der Waals surface area contributed by atoms with E-state index in [0.29, 0.717) is 28.3 Å². The van der Waals surface area contributed by atoms with Crippen molar-refractivity contribution in [3.05, 3.63) is 72.0 Å². The molecule has 3 rings (SSSR count). The average molecular weight is 337 g/mol. The number of benzene rings is 2. The van der Waals surface area contributed by atoms with E-state index >= 15 is 0 Å². The van der Waals surface area contributed by atoms with E-state index in [1.54, 1.807) is 54.6 Å². The SMILES string of the molecule is COc1ccccc1C(=O)Nc1ccc(-c2ccc(C(=O)O)o2)cc1. The largest absolute Gasteiger partial charge is 0.496 e. The van der Waals surface area contributed by atoms with E-state index in [2.05, 4.69) is 5.32 Å². The Hall–Kier alpha value is -3.54. The molecule has 0 aliphatic carbocycles. The molecule has 6 nitrogen and oxygen atoms in total. The van der Waals surface area contributed by atoms with Crippen LogP contribution in [0.25, 0.3) is 11.3 Å². The summed E-state index contributed by atoms with van der Waals surface area (Å²) in [7, 11) is 1.51. The molecule has 6 heteroatoms. The van der Waals surface area contributed by atoms with Gasteiger partial charge in [0.15, 0.2) is 0 Å². The molecule has 25 heavy (non-hydrogen) atoms. The number of nitrogens with one attached hydrogen (secondary N) is 1. The number of methoxy groups -OCH3 is 1. The highest BCUT2D eigenvalue weighted by Gasteiger charge is 2.13. The van der Waals surface area contributed by atoms with Gasteiger partial charge in [-0.15, -0.1) is 0 Å². The first-order valence-electron chi connectivity index (χ1n) is 7.46. The van der Waals surface area contributed by atoms with Crippen molar-refractivity contribution < 1.29 is 23.8 Å². The van der Waals surface area contributed by atoms with Crippen LogP contribution in [-0.2, 0) is 0 Å². The third-order valence-electron chi connectivity index (χ3n) is 3.60. The van der Waals surface area contributed by atoms with Crippen LogP contribution in [-0.4, -0.2) is 24.1 Å². The van der Waals surface area contributed by atoms with Crippen molar-refractivity contribution in [2.45, 2.75) is 0 Å². The van der Waals surface area contributed by atoms with Crippen molar-refractivity contribution >= 4 is 17.6 Å². The lowest BCUT2D eigenvalue weighted by atomic mass is 10.1. The number of hydrogen-bond donors (Lipinski definition) is 2. The number of carbonyl (C=O) groups is 2. The van der Waals surface area contributed by atoms with Gasteiger partial charge >= 0.3 is 5.97 Å². The molecule has 0 spiro atoms. The second-order valence-corrected chi connectivity index (χ2v) is 5.20. The zero-order valence-electron chi connectivity index (χ0n) is 13.4. The van der Waals surface area contributed by atoms with Crippen molar-refractivity contribution in [3.63, 3.8) is 0 Å². The number of carbonyl (C=O) groups excluding carboxylic acids is 1. The molecule has 0 radical (unpaired) electrons. The zero-order valence-corrected chi connectivity index (χ0v) is 13.4. The number of ether oxygens (including phenoxy) is 1. The lowest BCUT2D eigenvalue weighted by Gasteiger charge is -2.09. The van der Waals surface area contributed by atoms with Gasteiger partial charge in [-0.3, -0.25) is 4.79 Å². The van der Waals surface area contributed by atoms with Crippen LogP contribution in [0.5, 0.6) is 5.75 Å². The van der Waals surface area contributed by atoms with Crippen molar-refractivity contribution in [1.29, 1.82) is 0 Å². The van der Waals surface area contributed by atoms with Crippen LogP contribution in [0, 0.1) is 0 Å². The van der Waals surface area contributed by atoms with Gasteiger partial charge < -0.3 is 19.6 Å². The van der Waals surface area contributed by atoms with Crippen molar-refractivity contribution in [3.8, 4) is 17.1 Å². The molecular weight excluding hydrogens is 322 g/mol. The third-order valence-corrected chi connectivity index (χ3v) is 3.60. The molecule has 0 fully saturated rings. The Morgan fingerprint density at radius 2 is 1.72 bits per heavy atom. The number of rotatable bonds is 5. The average Bonchev–Trinajstić information content (AvgIpc) is 3.12. The Labute approximate surface area is 143 Å². The fourth-order valence-electron chi connectivity index (χ4n) is 2.36. The number of amides is 1. The molecule has 1 aromatic heterocycles. The highest BCUT2D eigenvalue weighted by molar-refractivity contribution is 6.06. The second kappa shape index (κ2) is 6.92. The Kier molecular flexibility index (Phi) is 4.52. The molecule has 1 amide bonds. The maximum Gasteiger partial charge on any atom is 0.371 e. The Bertz CT molecular complexity index is 912. The number of anilines is 1. The van der Waals surface area contributed by atoms with E-state index in [1.807, 2.05) is 0 Å². The van der Waals surface area contributed by atoms with Crippen LogP contribution in [0.1, 0.15) is 20.9 Å². The van der Waals surface area contributed by atoms with Crippen molar-refractivity contribution in [2.75, 3.05) is 12.4 Å². The monoisotopic (exact) mass is 337 g/mol. The van der Waals surface area contributed by atoms with E-state index in [1.165, 1.54) is 13.2 Å². The van der Waals surface area contributed by atoms with Gasteiger partial charge in [0.05, 0.1) is 12.7 Å².